The summed E-state index contributed by atoms with van der Waals surface area (Å²) in [5.41, 5.74) is 1.65. The lowest BCUT2D eigenvalue weighted by atomic mass is 9.92. The Labute approximate surface area is 162 Å². The van der Waals surface area contributed by atoms with Gasteiger partial charge in [0.25, 0.3) is 11.8 Å². The molecule has 0 radical (unpaired) electrons. The minimum Gasteiger partial charge on any atom is -0.490 e. The lowest BCUT2D eigenvalue weighted by Gasteiger charge is -2.22. The number of ether oxygens (including phenoxy) is 2. The lowest BCUT2D eigenvalue weighted by Crippen LogP contribution is -2.49. The van der Waals surface area contributed by atoms with Crippen LogP contribution in [0.1, 0.15) is 19.4 Å². The van der Waals surface area contributed by atoms with Gasteiger partial charge in [-0.1, -0.05) is 42.5 Å². The zero-order valence-electron chi connectivity index (χ0n) is 15.6. The summed E-state index contributed by atoms with van der Waals surface area (Å²) in [5, 5.41) is 3.29. The van der Waals surface area contributed by atoms with Gasteiger partial charge in [0, 0.05) is 0 Å². The van der Waals surface area contributed by atoms with Crippen LogP contribution in [0.2, 0.25) is 0 Å². The van der Waals surface area contributed by atoms with E-state index in [9.17, 15) is 14.4 Å². The van der Waals surface area contributed by atoms with E-state index in [2.05, 4.69) is 10.7 Å². The van der Waals surface area contributed by atoms with Gasteiger partial charge in [-0.3, -0.25) is 15.0 Å². The molecule has 0 aliphatic carbocycles. The van der Waals surface area contributed by atoms with Crippen LogP contribution in [0.25, 0.3) is 0 Å². The molecule has 1 fully saturated rings. The van der Waals surface area contributed by atoms with Crippen LogP contribution >= 0.6 is 0 Å². The maximum absolute atomic E-state index is 12.8. The summed E-state index contributed by atoms with van der Waals surface area (Å²) in [6, 6.07) is 15.0. The highest BCUT2D eigenvalue weighted by molar-refractivity contribution is 6.08. The van der Waals surface area contributed by atoms with Crippen molar-refractivity contribution in [2.24, 2.45) is 0 Å². The number of urea groups is 1. The Kier molecular flexibility index (Phi) is 5.49. The first-order valence-electron chi connectivity index (χ1n) is 8.82. The number of carbonyl (C=O) groups is 3. The Bertz CT molecular complexity index is 886. The number of hydrogen-bond donors (Lipinski definition) is 2. The van der Waals surface area contributed by atoms with Crippen LogP contribution in [0, 0.1) is 0 Å². The van der Waals surface area contributed by atoms with Crippen LogP contribution in [0.4, 0.5) is 4.79 Å². The van der Waals surface area contributed by atoms with Gasteiger partial charge in [-0.2, -0.15) is 5.01 Å². The Morgan fingerprint density at radius 3 is 2.29 bits per heavy atom. The zero-order valence-corrected chi connectivity index (χ0v) is 15.6. The fraction of sp³-hybridized carbons (Fsp3) is 0.250. The molecule has 0 saturated carbocycles. The summed E-state index contributed by atoms with van der Waals surface area (Å²) in [4.78, 5) is 37.2. The number of rotatable bonds is 7. The van der Waals surface area contributed by atoms with Gasteiger partial charge in [0.2, 0.25) is 0 Å². The van der Waals surface area contributed by atoms with E-state index < -0.39 is 23.4 Å². The molecule has 1 aliphatic heterocycles. The minimum atomic E-state index is -1.26. The van der Waals surface area contributed by atoms with Crippen LogP contribution in [0.5, 0.6) is 11.5 Å². The highest BCUT2D eigenvalue weighted by Gasteiger charge is 2.49. The third kappa shape index (κ3) is 3.75. The molecule has 8 nitrogen and oxygen atoms in total. The first-order chi connectivity index (χ1) is 13.5. The monoisotopic (exact) mass is 383 g/mol. The van der Waals surface area contributed by atoms with Crippen molar-refractivity contribution in [2.45, 2.75) is 19.4 Å². The molecular formula is C20H21N3O5. The van der Waals surface area contributed by atoms with Crippen LogP contribution in [-0.4, -0.2) is 36.1 Å². The molecule has 146 valence electrons. The number of amides is 4. The molecule has 4 amide bonds. The molecule has 0 unspecified atom stereocenters. The van der Waals surface area contributed by atoms with Crippen molar-refractivity contribution < 1.29 is 23.9 Å². The highest BCUT2D eigenvalue weighted by atomic mass is 16.5. The zero-order chi connectivity index (χ0) is 20.1. The SMILES string of the molecule is CCOc1ccccc1OCC(=O)NN1C(=O)N[C@@](C)(c2ccccc2)C1=O. The molecule has 2 N–H and O–H groups in total. The number of nitrogens with one attached hydrogen (secondary N) is 2. The third-order valence-electron chi connectivity index (χ3n) is 4.29. The smallest absolute Gasteiger partial charge is 0.344 e. The van der Waals surface area contributed by atoms with Crippen molar-refractivity contribution in [3.05, 3.63) is 60.2 Å². The van der Waals surface area contributed by atoms with Gasteiger partial charge in [-0.25, -0.2) is 4.79 Å². The summed E-state index contributed by atoms with van der Waals surface area (Å²) < 4.78 is 10.9. The van der Waals surface area contributed by atoms with E-state index in [0.29, 0.717) is 28.7 Å². The topological polar surface area (TPSA) is 97.0 Å². The van der Waals surface area contributed by atoms with Crippen molar-refractivity contribution >= 4 is 17.8 Å². The Morgan fingerprint density at radius 1 is 1.04 bits per heavy atom. The van der Waals surface area contributed by atoms with Crippen LogP contribution in [0.3, 0.4) is 0 Å². The maximum Gasteiger partial charge on any atom is 0.344 e. The minimum absolute atomic E-state index is 0.386. The summed E-state index contributed by atoms with van der Waals surface area (Å²) in [6.07, 6.45) is 0. The van der Waals surface area contributed by atoms with Gasteiger partial charge in [-0.05, 0) is 31.5 Å². The summed E-state index contributed by atoms with van der Waals surface area (Å²) in [5.74, 6) is -0.325. The molecule has 3 rings (SSSR count). The summed E-state index contributed by atoms with van der Waals surface area (Å²) in [6.45, 7) is 3.49. The Balaban J connectivity index is 1.65. The molecule has 1 aliphatic rings. The molecule has 0 aromatic heterocycles. The molecule has 1 atom stereocenters. The second-order valence-corrected chi connectivity index (χ2v) is 6.27. The number of carbonyl (C=O) groups excluding carboxylic acids is 3. The standard InChI is InChI=1S/C20H21N3O5/c1-3-27-15-11-7-8-12-16(15)28-13-17(24)22-23-18(25)20(2,21-19(23)26)14-9-5-4-6-10-14/h4-12H,3,13H2,1-2H3,(H,21,26)(H,22,24)/t20-/m0/s1. The number of imide groups is 1. The summed E-state index contributed by atoms with van der Waals surface area (Å²) in [7, 11) is 0. The van der Waals surface area contributed by atoms with Crippen molar-refractivity contribution in [1.82, 2.24) is 15.8 Å². The fourth-order valence-electron chi connectivity index (χ4n) is 2.85. The van der Waals surface area contributed by atoms with Gasteiger partial charge >= 0.3 is 6.03 Å². The van der Waals surface area contributed by atoms with E-state index in [-0.39, 0.29) is 6.61 Å². The van der Waals surface area contributed by atoms with E-state index in [0.717, 1.165) is 0 Å². The van der Waals surface area contributed by atoms with Crippen molar-refractivity contribution in [2.75, 3.05) is 13.2 Å². The molecule has 1 heterocycles. The molecule has 0 bridgehead atoms. The molecule has 2 aromatic rings. The Hall–Kier alpha value is -3.55. The van der Waals surface area contributed by atoms with E-state index in [4.69, 9.17) is 9.47 Å². The average Bonchev–Trinajstić information content (AvgIpc) is 2.92. The third-order valence-corrected chi connectivity index (χ3v) is 4.29. The van der Waals surface area contributed by atoms with Crippen molar-refractivity contribution in [3.8, 4) is 11.5 Å². The maximum atomic E-state index is 12.8. The van der Waals surface area contributed by atoms with Gasteiger partial charge in [-0.15, -0.1) is 0 Å². The van der Waals surface area contributed by atoms with E-state index >= 15 is 0 Å². The van der Waals surface area contributed by atoms with E-state index in [1.165, 1.54) is 0 Å². The summed E-state index contributed by atoms with van der Waals surface area (Å²) >= 11 is 0. The normalized spacial score (nSPS) is 18.6. The van der Waals surface area contributed by atoms with Crippen LogP contribution in [-0.2, 0) is 15.1 Å². The second kappa shape index (κ2) is 7.99. The van der Waals surface area contributed by atoms with Crippen LogP contribution in [0.15, 0.2) is 54.6 Å². The first-order valence-corrected chi connectivity index (χ1v) is 8.82. The predicted molar refractivity (Wildman–Crippen MR) is 100 cm³/mol. The quantitative estimate of drug-likeness (QED) is 0.713. The number of benzene rings is 2. The molecule has 2 aromatic carbocycles. The van der Waals surface area contributed by atoms with Gasteiger partial charge < -0.3 is 14.8 Å². The number of hydrazine groups is 1. The number of hydrogen-bond acceptors (Lipinski definition) is 5. The molecule has 1 saturated heterocycles. The van der Waals surface area contributed by atoms with E-state index in [1.807, 2.05) is 13.0 Å². The van der Waals surface area contributed by atoms with Crippen molar-refractivity contribution in [1.29, 1.82) is 0 Å². The van der Waals surface area contributed by atoms with E-state index in [1.54, 1.807) is 55.5 Å². The molecular weight excluding hydrogens is 362 g/mol. The fourth-order valence-corrected chi connectivity index (χ4v) is 2.85. The van der Waals surface area contributed by atoms with Gasteiger partial charge in [0.05, 0.1) is 6.61 Å². The Morgan fingerprint density at radius 2 is 1.64 bits per heavy atom. The average molecular weight is 383 g/mol. The second-order valence-electron chi connectivity index (χ2n) is 6.27. The largest absolute Gasteiger partial charge is 0.490 e. The lowest BCUT2D eigenvalue weighted by molar-refractivity contribution is -0.139. The van der Waals surface area contributed by atoms with Gasteiger partial charge in [0.15, 0.2) is 18.1 Å². The molecule has 0 spiro atoms. The molecule has 28 heavy (non-hydrogen) atoms. The first kappa shape index (κ1) is 19.2. The number of nitrogens with zero attached hydrogens (tertiary/aromatic N) is 1. The predicted octanol–water partition coefficient (Wildman–Crippen LogP) is 1.96. The van der Waals surface area contributed by atoms with Gasteiger partial charge in [0.1, 0.15) is 5.54 Å². The molecule has 8 heteroatoms. The van der Waals surface area contributed by atoms with Crippen LogP contribution < -0.4 is 20.2 Å². The van der Waals surface area contributed by atoms with Crippen molar-refractivity contribution in [3.63, 3.8) is 0 Å². The highest BCUT2D eigenvalue weighted by Crippen LogP contribution is 2.28. The number of para-hydroxylation sites is 2.